The Bertz CT molecular complexity index is 1170. The molecule has 2 heterocycles. The van der Waals surface area contributed by atoms with Crippen LogP contribution in [-0.2, 0) is 0 Å². The first-order chi connectivity index (χ1) is 12.2. The molecule has 0 aliphatic heterocycles. The van der Waals surface area contributed by atoms with E-state index in [9.17, 15) is 10.1 Å². The molecule has 0 aliphatic carbocycles. The predicted octanol–water partition coefficient (Wildman–Crippen LogP) is 3.31. The van der Waals surface area contributed by atoms with E-state index >= 15 is 0 Å². The molecule has 0 radical (unpaired) electrons. The molecule has 0 bridgehead atoms. The molecule has 0 atom stereocenters. The van der Waals surface area contributed by atoms with Crippen LogP contribution in [0.4, 0.5) is 5.82 Å². The number of imidazole rings is 1. The lowest BCUT2D eigenvalue weighted by Gasteiger charge is -2.07. The summed E-state index contributed by atoms with van der Waals surface area (Å²) in [6, 6.07) is 16.9. The Morgan fingerprint density at radius 2 is 2.00 bits per heavy atom. The van der Waals surface area contributed by atoms with E-state index in [4.69, 9.17) is 0 Å². The van der Waals surface area contributed by atoms with Gasteiger partial charge in [-0.2, -0.15) is 10.2 Å². The zero-order chi connectivity index (χ0) is 17.4. The van der Waals surface area contributed by atoms with Crippen LogP contribution in [0.5, 0.6) is 0 Å². The molecule has 0 unspecified atom stereocenters. The summed E-state index contributed by atoms with van der Waals surface area (Å²) >= 11 is 0. The molecule has 0 saturated heterocycles. The second-order valence-corrected chi connectivity index (χ2v) is 5.71. The van der Waals surface area contributed by atoms with E-state index in [-0.39, 0.29) is 17.3 Å². The number of carbonyl (C=O) groups excluding carboxylic acids is 1. The van der Waals surface area contributed by atoms with E-state index in [1.165, 1.54) is 0 Å². The summed E-state index contributed by atoms with van der Waals surface area (Å²) < 4.78 is 1.75. The van der Waals surface area contributed by atoms with Gasteiger partial charge in [-0.25, -0.2) is 4.98 Å². The number of carbonyl (C=O) groups is 1. The first-order valence-corrected chi connectivity index (χ1v) is 7.71. The summed E-state index contributed by atoms with van der Waals surface area (Å²) in [5.74, 6) is 0.324. The molecule has 0 spiro atoms. The summed E-state index contributed by atoms with van der Waals surface area (Å²) in [5, 5.41) is 12.2. The maximum Gasteiger partial charge on any atom is 0.256 e. The molecule has 0 saturated carbocycles. The van der Waals surface area contributed by atoms with Crippen molar-refractivity contribution < 1.29 is 4.79 Å². The number of nitrogens with one attached hydrogen (secondary N) is 1. The number of anilines is 1. The number of hydrogen-bond donors (Lipinski definition) is 1. The highest BCUT2D eigenvalue weighted by atomic mass is 16.1. The smallest absolute Gasteiger partial charge is 0.256 e. The minimum absolute atomic E-state index is 0.205. The Labute approximate surface area is 143 Å². The van der Waals surface area contributed by atoms with Crippen LogP contribution < -0.4 is 5.32 Å². The van der Waals surface area contributed by atoms with Crippen molar-refractivity contribution in [3.63, 3.8) is 0 Å². The second kappa shape index (κ2) is 5.73. The summed E-state index contributed by atoms with van der Waals surface area (Å²) in [5.41, 5.74) is 3.41. The Kier molecular flexibility index (Phi) is 3.40. The number of benzene rings is 2. The zero-order valence-electron chi connectivity index (χ0n) is 13.4. The fourth-order valence-electron chi connectivity index (χ4n) is 2.73. The monoisotopic (exact) mass is 327 g/mol. The van der Waals surface area contributed by atoms with Gasteiger partial charge in [0.05, 0.1) is 11.0 Å². The van der Waals surface area contributed by atoms with Gasteiger partial charge in [-0.15, -0.1) is 0 Å². The average molecular weight is 327 g/mol. The summed E-state index contributed by atoms with van der Waals surface area (Å²) in [4.78, 5) is 21.3. The van der Waals surface area contributed by atoms with Gasteiger partial charge in [-0.3, -0.25) is 9.20 Å². The van der Waals surface area contributed by atoms with Crippen molar-refractivity contribution in [3.8, 4) is 6.07 Å². The number of amides is 1. The van der Waals surface area contributed by atoms with Crippen molar-refractivity contribution in [2.75, 3.05) is 5.32 Å². The maximum absolute atomic E-state index is 12.5. The topological polar surface area (TPSA) is 83.1 Å². The molecule has 0 fully saturated rings. The largest absolute Gasteiger partial charge is 0.305 e. The van der Waals surface area contributed by atoms with E-state index in [1.807, 2.05) is 43.3 Å². The molecule has 6 heteroatoms. The van der Waals surface area contributed by atoms with E-state index in [2.05, 4.69) is 21.4 Å². The van der Waals surface area contributed by atoms with Gasteiger partial charge in [0.25, 0.3) is 5.91 Å². The Hall–Kier alpha value is -3.72. The molecule has 120 valence electrons. The lowest BCUT2D eigenvalue weighted by molar-refractivity contribution is 0.102. The van der Waals surface area contributed by atoms with Gasteiger partial charge in [0, 0.05) is 11.8 Å². The second-order valence-electron chi connectivity index (χ2n) is 5.71. The van der Waals surface area contributed by atoms with Gasteiger partial charge >= 0.3 is 0 Å². The van der Waals surface area contributed by atoms with Crippen LogP contribution in [0.1, 0.15) is 21.5 Å². The molecular formula is C19H13N5O. The fraction of sp³-hybridized carbons (Fsp3) is 0.0526. The normalized spacial score (nSPS) is 10.7. The predicted molar refractivity (Wildman–Crippen MR) is 94.3 cm³/mol. The van der Waals surface area contributed by atoms with Crippen molar-refractivity contribution in [2.45, 2.75) is 6.92 Å². The summed E-state index contributed by atoms with van der Waals surface area (Å²) in [6.45, 7) is 1.91. The molecule has 25 heavy (non-hydrogen) atoms. The number of nitriles is 1. The maximum atomic E-state index is 12.5. The molecule has 2 aromatic carbocycles. The van der Waals surface area contributed by atoms with Crippen LogP contribution in [0, 0.1) is 18.3 Å². The Morgan fingerprint density at radius 1 is 1.16 bits per heavy atom. The summed E-state index contributed by atoms with van der Waals surface area (Å²) in [6.07, 6.45) is 1.64. The minimum Gasteiger partial charge on any atom is -0.305 e. The van der Waals surface area contributed by atoms with Crippen LogP contribution in [0.3, 0.4) is 0 Å². The van der Waals surface area contributed by atoms with Crippen LogP contribution in [0.25, 0.3) is 16.8 Å². The number of aryl methyl sites for hydroxylation is 1. The van der Waals surface area contributed by atoms with E-state index in [1.54, 1.807) is 22.7 Å². The molecule has 0 aliphatic rings. The van der Waals surface area contributed by atoms with Crippen molar-refractivity contribution in [1.82, 2.24) is 14.4 Å². The molecule has 4 aromatic rings. The standard InChI is InChI=1S/C19H13N5O/c1-12-5-4-6-13(9-12)18(25)22-17-14(10-20)11-24-16-8-3-2-7-15(16)21-19(24)23-17/h2-9,11H,1H3,(H,21,22,23,25). The van der Waals surface area contributed by atoms with Gasteiger partial charge in [0.2, 0.25) is 5.78 Å². The molecular weight excluding hydrogens is 314 g/mol. The van der Waals surface area contributed by atoms with E-state index in [0.717, 1.165) is 16.6 Å². The first-order valence-electron chi connectivity index (χ1n) is 7.71. The van der Waals surface area contributed by atoms with Crippen LogP contribution in [0.2, 0.25) is 0 Å². The van der Waals surface area contributed by atoms with Crippen molar-refractivity contribution >= 4 is 28.5 Å². The number of hydrogen-bond acceptors (Lipinski definition) is 4. The third kappa shape index (κ3) is 2.58. The van der Waals surface area contributed by atoms with Crippen LogP contribution in [-0.4, -0.2) is 20.3 Å². The molecule has 1 N–H and O–H groups in total. The highest BCUT2D eigenvalue weighted by molar-refractivity contribution is 6.04. The lowest BCUT2D eigenvalue weighted by Crippen LogP contribution is -2.15. The van der Waals surface area contributed by atoms with Gasteiger partial charge in [-0.05, 0) is 31.2 Å². The lowest BCUT2D eigenvalue weighted by atomic mass is 10.1. The number of nitrogens with zero attached hydrogens (tertiary/aromatic N) is 4. The quantitative estimate of drug-likeness (QED) is 0.612. The van der Waals surface area contributed by atoms with Crippen molar-refractivity contribution in [3.05, 3.63) is 71.4 Å². The van der Waals surface area contributed by atoms with Gasteiger partial charge in [-0.1, -0.05) is 29.8 Å². The molecule has 6 nitrogen and oxygen atoms in total. The molecule has 1 amide bonds. The van der Waals surface area contributed by atoms with Crippen LogP contribution >= 0.6 is 0 Å². The zero-order valence-corrected chi connectivity index (χ0v) is 13.4. The number of fused-ring (bicyclic) bond motifs is 3. The van der Waals surface area contributed by atoms with E-state index in [0.29, 0.717) is 11.3 Å². The minimum atomic E-state index is -0.312. The first kappa shape index (κ1) is 14.8. The number of para-hydroxylation sites is 2. The Balaban J connectivity index is 1.80. The van der Waals surface area contributed by atoms with Crippen molar-refractivity contribution in [1.29, 1.82) is 5.26 Å². The highest BCUT2D eigenvalue weighted by Gasteiger charge is 2.14. The highest BCUT2D eigenvalue weighted by Crippen LogP contribution is 2.20. The molecule has 4 rings (SSSR count). The van der Waals surface area contributed by atoms with Gasteiger partial charge in [0.15, 0.2) is 5.82 Å². The van der Waals surface area contributed by atoms with Gasteiger partial charge < -0.3 is 5.32 Å². The van der Waals surface area contributed by atoms with Crippen molar-refractivity contribution in [2.24, 2.45) is 0 Å². The SMILES string of the molecule is Cc1cccc(C(=O)Nc2nc3nc4ccccc4n3cc2C#N)c1. The number of rotatable bonds is 2. The van der Waals surface area contributed by atoms with E-state index < -0.39 is 0 Å². The fourth-order valence-corrected chi connectivity index (χ4v) is 2.73. The van der Waals surface area contributed by atoms with Gasteiger partial charge in [0.1, 0.15) is 11.6 Å². The average Bonchev–Trinajstić information content (AvgIpc) is 2.98. The number of aromatic nitrogens is 3. The van der Waals surface area contributed by atoms with Crippen LogP contribution in [0.15, 0.2) is 54.7 Å². The Morgan fingerprint density at radius 3 is 2.80 bits per heavy atom. The molecule has 2 aromatic heterocycles. The summed E-state index contributed by atoms with van der Waals surface area (Å²) in [7, 11) is 0. The third-order valence-corrected chi connectivity index (χ3v) is 3.93. The third-order valence-electron chi connectivity index (χ3n) is 3.93.